The molecule has 0 amide bonds. The minimum absolute atomic E-state index is 0.205. The lowest BCUT2D eigenvalue weighted by Crippen LogP contribution is -2.65. The Labute approximate surface area is 125 Å². The molecule has 20 heavy (non-hydrogen) atoms. The average molecular weight is 305 g/mol. The lowest BCUT2D eigenvalue weighted by molar-refractivity contribution is 0.0508. The van der Waals surface area contributed by atoms with Crippen molar-refractivity contribution in [2.75, 3.05) is 31.6 Å². The Morgan fingerprint density at radius 1 is 1.30 bits per heavy atom. The summed E-state index contributed by atoms with van der Waals surface area (Å²) in [6.45, 7) is 11.9. The third-order valence-electron chi connectivity index (χ3n) is 4.74. The Bertz CT molecular complexity index is 389. The second-order valence-electron chi connectivity index (χ2n) is 6.63. The van der Waals surface area contributed by atoms with Gasteiger partial charge in [0.15, 0.2) is 0 Å². The highest BCUT2D eigenvalue weighted by molar-refractivity contribution is 7.90. The molecule has 1 aliphatic heterocycles. The highest BCUT2D eigenvalue weighted by atomic mass is 32.2. The summed E-state index contributed by atoms with van der Waals surface area (Å²) in [5.74, 6) is 0.889. The van der Waals surface area contributed by atoms with Gasteiger partial charge in [0.1, 0.15) is 9.84 Å². The number of nitrogens with one attached hydrogen (secondary N) is 1. The van der Waals surface area contributed by atoms with Gasteiger partial charge in [-0.1, -0.05) is 27.7 Å². The number of piperazine rings is 1. The summed E-state index contributed by atoms with van der Waals surface area (Å²) in [4.78, 5) is 2.51. The van der Waals surface area contributed by atoms with Crippen molar-refractivity contribution in [2.24, 2.45) is 5.92 Å². The summed E-state index contributed by atoms with van der Waals surface area (Å²) >= 11 is 0. The number of nitrogens with zero attached hydrogens (tertiary/aromatic N) is 1. The molecule has 1 fully saturated rings. The van der Waals surface area contributed by atoms with Gasteiger partial charge in [0.2, 0.25) is 0 Å². The van der Waals surface area contributed by atoms with Crippen LogP contribution in [0.25, 0.3) is 0 Å². The molecule has 0 aromatic carbocycles. The van der Waals surface area contributed by atoms with Crippen molar-refractivity contribution in [3.8, 4) is 0 Å². The molecule has 5 heteroatoms. The first-order valence-corrected chi connectivity index (χ1v) is 9.96. The first-order chi connectivity index (χ1) is 9.23. The maximum atomic E-state index is 11.3. The number of rotatable bonds is 7. The fourth-order valence-electron chi connectivity index (χ4n) is 3.17. The van der Waals surface area contributed by atoms with Crippen molar-refractivity contribution in [3.05, 3.63) is 0 Å². The smallest absolute Gasteiger partial charge is 0.147 e. The minimum atomic E-state index is -2.84. The van der Waals surface area contributed by atoms with Crippen LogP contribution in [0.1, 0.15) is 47.0 Å². The van der Waals surface area contributed by atoms with Crippen LogP contribution in [0, 0.1) is 5.92 Å². The zero-order chi connectivity index (χ0) is 15.4. The van der Waals surface area contributed by atoms with Gasteiger partial charge in [0, 0.05) is 30.9 Å². The lowest BCUT2D eigenvalue weighted by Gasteiger charge is -2.49. The molecular formula is C15H32N2O2S. The van der Waals surface area contributed by atoms with E-state index in [0.29, 0.717) is 17.7 Å². The van der Waals surface area contributed by atoms with Crippen LogP contribution in [0.2, 0.25) is 0 Å². The van der Waals surface area contributed by atoms with Crippen molar-refractivity contribution in [1.29, 1.82) is 0 Å². The largest absolute Gasteiger partial charge is 0.308 e. The Kier molecular flexibility index (Phi) is 6.48. The summed E-state index contributed by atoms with van der Waals surface area (Å²) in [6.07, 6.45) is 4.31. The topological polar surface area (TPSA) is 49.4 Å². The van der Waals surface area contributed by atoms with Crippen molar-refractivity contribution >= 4 is 9.84 Å². The van der Waals surface area contributed by atoms with Gasteiger partial charge in [-0.15, -0.1) is 0 Å². The second kappa shape index (κ2) is 7.23. The molecule has 0 radical (unpaired) electrons. The van der Waals surface area contributed by atoms with E-state index < -0.39 is 9.84 Å². The zero-order valence-electron chi connectivity index (χ0n) is 13.8. The van der Waals surface area contributed by atoms with E-state index in [0.717, 1.165) is 38.9 Å². The van der Waals surface area contributed by atoms with Crippen molar-refractivity contribution < 1.29 is 8.42 Å². The van der Waals surface area contributed by atoms with Gasteiger partial charge in [0.05, 0.1) is 5.75 Å². The van der Waals surface area contributed by atoms with Crippen LogP contribution < -0.4 is 5.32 Å². The summed E-state index contributed by atoms with van der Waals surface area (Å²) in [7, 11) is -2.84. The molecule has 1 rings (SSSR count). The van der Waals surface area contributed by atoms with Crippen LogP contribution in [0.5, 0.6) is 0 Å². The first kappa shape index (κ1) is 17.9. The van der Waals surface area contributed by atoms with Gasteiger partial charge < -0.3 is 5.32 Å². The Balaban J connectivity index is 2.68. The minimum Gasteiger partial charge on any atom is -0.308 e. The molecule has 1 saturated heterocycles. The number of sulfone groups is 1. The van der Waals surface area contributed by atoms with E-state index in [2.05, 4.69) is 37.9 Å². The van der Waals surface area contributed by atoms with E-state index in [9.17, 15) is 8.42 Å². The monoisotopic (exact) mass is 304 g/mol. The number of hydrogen-bond acceptors (Lipinski definition) is 4. The average Bonchev–Trinajstić information content (AvgIpc) is 2.36. The van der Waals surface area contributed by atoms with E-state index in [-0.39, 0.29) is 5.54 Å². The first-order valence-electron chi connectivity index (χ1n) is 7.90. The van der Waals surface area contributed by atoms with Crippen LogP contribution in [0.3, 0.4) is 0 Å². The van der Waals surface area contributed by atoms with Gasteiger partial charge in [-0.3, -0.25) is 4.90 Å². The molecule has 1 unspecified atom stereocenters. The summed E-state index contributed by atoms with van der Waals surface area (Å²) < 4.78 is 22.6. The molecule has 120 valence electrons. The van der Waals surface area contributed by atoms with E-state index in [1.807, 2.05) is 0 Å². The van der Waals surface area contributed by atoms with E-state index in [1.165, 1.54) is 6.26 Å². The molecule has 0 aromatic rings. The quantitative estimate of drug-likeness (QED) is 0.780. The maximum absolute atomic E-state index is 11.3. The van der Waals surface area contributed by atoms with Crippen LogP contribution >= 0.6 is 0 Å². The second-order valence-corrected chi connectivity index (χ2v) is 8.89. The third kappa shape index (κ3) is 5.01. The SMILES string of the molecule is CCC1(CC)CN(CCCS(C)(=O)=O)C(C(C)C)CN1. The van der Waals surface area contributed by atoms with Crippen LogP contribution in [-0.4, -0.2) is 56.5 Å². The van der Waals surface area contributed by atoms with Gasteiger partial charge in [-0.2, -0.15) is 0 Å². The van der Waals surface area contributed by atoms with Crippen molar-refractivity contribution in [1.82, 2.24) is 10.2 Å². The Hall–Kier alpha value is -0.130. The van der Waals surface area contributed by atoms with Crippen molar-refractivity contribution in [2.45, 2.75) is 58.5 Å². The predicted molar refractivity (Wildman–Crippen MR) is 85.8 cm³/mol. The van der Waals surface area contributed by atoms with Gasteiger partial charge in [0.25, 0.3) is 0 Å². The molecule has 1 heterocycles. The summed E-state index contributed by atoms with van der Waals surface area (Å²) in [5.41, 5.74) is 0.205. The van der Waals surface area contributed by atoms with E-state index in [1.54, 1.807) is 0 Å². The van der Waals surface area contributed by atoms with Crippen LogP contribution in [0.4, 0.5) is 0 Å². The Morgan fingerprint density at radius 2 is 1.90 bits per heavy atom. The molecule has 0 saturated carbocycles. The van der Waals surface area contributed by atoms with E-state index >= 15 is 0 Å². The van der Waals surface area contributed by atoms with Crippen LogP contribution in [-0.2, 0) is 9.84 Å². The summed E-state index contributed by atoms with van der Waals surface area (Å²) in [5, 5.41) is 3.74. The zero-order valence-corrected chi connectivity index (χ0v) is 14.6. The van der Waals surface area contributed by atoms with Crippen molar-refractivity contribution in [3.63, 3.8) is 0 Å². The standard InChI is InChI=1S/C15H32N2O2S/c1-6-15(7-2)12-17(9-8-10-20(5,18)19)14(11-16-15)13(3)4/h13-14,16H,6-12H2,1-5H3. The van der Waals surface area contributed by atoms with Gasteiger partial charge in [-0.05, 0) is 31.7 Å². The Morgan fingerprint density at radius 3 is 2.35 bits per heavy atom. The molecule has 0 bridgehead atoms. The maximum Gasteiger partial charge on any atom is 0.147 e. The highest BCUT2D eigenvalue weighted by Gasteiger charge is 2.37. The molecule has 0 aromatic heterocycles. The highest BCUT2D eigenvalue weighted by Crippen LogP contribution is 2.25. The number of hydrogen-bond donors (Lipinski definition) is 1. The third-order valence-corrected chi connectivity index (χ3v) is 5.77. The fraction of sp³-hybridized carbons (Fsp3) is 1.00. The predicted octanol–water partition coefficient (Wildman–Crippen LogP) is 1.91. The fourth-order valence-corrected chi connectivity index (χ4v) is 3.82. The molecule has 4 nitrogen and oxygen atoms in total. The normalized spacial score (nSPS) is 24.2. The van der Waals surface area contributed by atoms with Gasteiger partial charge >= 0.3 is 0 Å². The molecule has 0 aliphatic carbocycles. The summed E-state index contributed by atoms with van der Waals surface area (Å²) in [6, 6.07) is 0.515. The molecular weight excluding hydrogens is 272 g/mol. The van der Waals surface area contributed by atoms with Gasteiger partial charge in [-0.25, -0.2) is 8.42 Å². The van der Waals surface area contributed by atoms with E-state index in [4.69, 9.17) is 0 Å². The molecule has 0 spiro atoms. The molecule has 1 N–H and O–H groups in total. The molecule has 1 aliphatic rings. The van der Waals surface area contributed by atoms with Crippen LogP contribution in [0.15, 0.2) is 0 Å². The lowest BCUT2D eigenvalue weighted by atomic mass is 9.86. The molecule has 1 atom stereocenters.